The van der Waals surface area contributed by atoms with Gasteiger partial charge in [0.25, 0.3) is 0 Å². The van der Waals surface area contributed by atoms with Crippen LogP contribution in [0.5, 0.6) is 0 Å². The summed E-state index contributed by atoms with van der Waals surface area (Å²) < 4.78 is 0. The average Bonchev–Trinajstić information content (AvgIpc) is 1.62. The monoisotopic (exact) mass is 190 g/mol. The van der Waals surface area contributed by atoms with Gasteiger partial charge in [0.1, 0.15) is 0 Å². The third-order valence-electron chi connectivity index (χ3n) is 0.995. The Labute approximate surface area is 66.5 Å². The molecular weight excluding hydrogens is 176 g/mol. The summed E-state index contributed by atoms with van der Waals surface area (Å²) in [6.45, 7) is 8.87. The zero-order chi connectivity index (χ0) is 7.49. The van der Waals surface area contributed by atoms with Crippen LogP contribution in [-0.2, 0) is 0 Å². The third-order valence-corrected chi connectivity index (χ3v) is 1.78. The lowest BCUT2D eigenvalue weighted by Crippen LogP contribution is -2.04. The SMILES string of the molecule is C/C(=C\Br)CC(C)(C)C. The van der Waals surface area contributed by atoms with Crippen LogP contribution in [0.15, 0.2) is 10.6 Å². The molecule has 0 spiro atoms. The molecule has 0 bridgehead atoms. The van der Waals surface area contributed by atoms with Crippen LogP contribution in [0.1, 0.15) is 34.1 Å². The third kappa shape index (κ3) is 6.10. The van der Waals surface area contributed by atoms with E-state index in [1.807, 2.05) is 4.99 Å². The van der Waals surface area contributed by atoms with Gasteiger partial charge in [0.2, 0.25) is 0 Å². The molecule has 0 aliphatic rings. The van der Waals surface area contributed by atoms with Gasteiger partial charge in [-0.25, -0.2) is 0 Å². The lowest BCUT2D eigenvalue weighted by Gasteiger charge is -2.17. The van der Waals surface area contributed by atoms with Crippen molar-refractivity contribution in [2.75, 3.05) is 0 Å². The maximum absolute atomic E-state index is 3.31. The van der Waals surface area contributed by atoms with Crippen LogP contribution in [0.25, 0.3) is 0 Å². The van der Waals surface area contributed by atoms with E-state index in [0.29, 0.717) is 5.41 Å². The molecule has 0 atom stereocenters. The molecule has 0 heterocycles. The molecule has 54 valence electrons. The van der Waals surface area contributed by atoms with E-state index in [2.05, 4.69) is 43.6 Å². The smallest absolute Gasteiger partial charge is 0.0199 e. The topological polar surface area (TPSA) is 0 Å². The van der Waals surface area contributed by atoms with Gasteiger partial charge in [-0.15, -0.1) is 0 Å². The number of allylic oxidation sites excluding steroid dienone is 1. The Kier molecular flexibility index (Phi) is 3.49. The Balaban J connectivity index is 3.75. The molecule has 0 aromatic heterocycles. The van der Waals surface area contributed by atoms with E-state index >= 15 is 0 Å². The van der Waals surface area contributed by atoms with Crippen molar-refractivity contribution in [3.8, 4) is 0 Å². The van der Waals surface area contributed by atoms with Crippen LogP contribution in [0.3, 0.4) is 0 Å². The molecule has 0 nitrogen and oxygen atoms in total. The van der Waals surface area contributed by atoms with Gasteiger partial charge in [0, 0.05) is 0 Å². The molecule has 0 N–H and O–H groups in total. The first-order valence-corrected chi connectivity index (χ1v) is 4.13. The minimum atomic E-state index is 0.425. The highest BCUT2D eigenvalue weighted by molar-refractivity contribution is 9.11. The molecule has 0 unspecified atom stereocenters. The van der Waals surface area contributed by atoms with Gasteiger partial charge in [-0.3, -0.25) is 0 Å². The van der Waals surface area contributed by atoms with Crippen LogP contribution >= 0.6 is 15.9 Å². The maximum Gasteiger partial charge on any atom is -0.0199 e. The summed E-state index contributed by atoms with van der Waals surface area (Å²) in [5.41, 5.74) is 1.83. The number of hydrogen-bond acceptors (Lipinski definition) is 0. The quantitative estimate of drug-likeness (QED) is 0.592. The molecule has 0 fully saturated rings. The summed E-state index contributed by atoms with van der Waals surface area (Å²) in [7, 11) is 0. The Morgan fingerprint density at radius 1 is 1.44 bits per heavy atom. The van der Waals surface area contributed by atoms with E-state index in [1.165, 1.54) is 5.57 Å². The fraction of sp³-hybridized carbons (Fsp3) is 0.750. The molecule has 0 aliphatic heterocycles. The molecule has 0 aromatic carbocycles. The van der Waals surface area contributed by atoms with Crippen molar-refractivity contribution in [2.45, 2.75) is 34.1 Å². The highest BCUT2D eigenvalue weighted by Crippen LogP contribution is 2.23. The molecular formula is C8H15Br. The van der Waals surface area contributed by atoms with Crippen LogP contribution < -0.4 is 0 Å². The fourth-order valence-corrected chi connectivity index (χ4v) is 1.04. The van der Waals surface area contributed by atoms with Gasteiger partial charge in [-0.1, -0.05) is 42.3 Å². The minimum absolute atomic E-state index is 0.425. The normalized spacial score (nSPS) is 14.1. The predicted octanol–water partition coefficient (Wildman–Crippen LogP) is 3.72. The summed E-state index contributed by atoms with van der Waals surface area (Å²) in [4.78, 5) is 2.00. The molecule has 0 aromatic rings. The van der Waals surface area contributed by atoms with Gasteiger partial charge in [0.15, 0.2) is 0 Å². The molecule has 1 heteroatoms. The summed E-state index contributed by atoms with van der Waals surface area (Å²) in [6.07, 6.45) is 1.16. The van der Waals surface area contributed by atoms with Crippen molar-refractivity contribution in [1.29, 1.82) is 0 Å². The summed E-state index contributed by atoms with van der Waals surface area (Å²) in [6, 6.07) is 0. The zero-order valence-electron chi connectivity index (χ0n) is 6.66. The Bertz CT molecular complexity index is 106. The van der Waals surface area contributed by atoms with E-state index in [-0.39, 0.29) is 0 Å². The molecule has 0 amide bonds. The standard InChI is InChI=1S/C8H15Br/c1-7(6-9)5-8(2,3)4/h6H,5H2,1-4H3/b7-6+. The highest BCUT2D eigenvalue weighted by atomic mass is 79.9. The second kappa shape index (κ2) is 3.40. The minimum Gasteiger partial charge on any atom is -0.0659 e. The molecule has 0 saturated heterocycles. The van der Waals surface area contributed by atoms with Crippen LogP contribution in [0, 0.1) is 5.41 Å². The molecule has 0 aliphatic carbocycles. The van der Waals surface area contributed by atoms with Gasteiger partial charge in [0.05, 0.1) is 0 Å². The molecule has 9 heavy (non-hydrogen) atoms. The van der Waals surface area contributed by atoms with E-state index in [4.69, 9.17) is 0 Å². The van der Waals surface area contributed by atoms with Gasteiger partial charge in [-0.05, 0) is 23.7 Å². The van der Waals surface area contributed by atoms with Crippen molar-refractivity contribution in [1.82, 2.24) is 0 Å². The van der Waals surface area contributed by atoms with E-state index < -0.39 is 0 Å². The second-order valence-electron chi connectivity index (χ2n) is 3.69. The predicted molar refractivity (Wildman–Crippen MR) is 46.8 cm³/mol. The number of hydrogen-bond donors (Lipinski definition) is 0. The first-order chi connectivity index (χ1) is 3.95. The first-order valence-electron chi connectivity index (χ1n) is 3.21. The van der Waals surface area contributed by atoms with Crippen LogP contribution in [0.2, 0.25) is 0 Å². The number of rotatable bonds is 1. The zero-order valence-corrected chi connectivity index (χ0v) is 8.25. The molecule has 0 saturated carbocycles. The Hall–Kier alpha value is 0.220. The molecule has 0 rings (SSSR count). The lowest BCUT2D eigenvalue weighted by molar-refractivity contribution is 0.410. The largest absolute Gasteiger partial charge is 0.0659 e. The summed E-state index contributed by atoms with van der Waals surface area (Å²) >= 11 is 3.31. The maximum atomic E-state index is 3.31. The van der Waals surface area contributed by atoms with E-state index in [1.54, 1.807) is 0 Å². The van der Waals surface area contributed by atoms with Crippen LogP contribution in [0.4, 0.5) is 0 Å². The number of halogens is 1. The summed E-state index contributed by atoms with van der Waals surface area (Å²) in [5, 5.41) is 0. The average molecular weight is 191 g/mol. The fourth-order valence-electron chi connectivity index (χ4n) is 0.875. The summed E-state index contributed by atoms with van der Waals surface area (Å²) in [5.74, 6) is 0. The van der Waals surface area contributed by atoms with Crippen LogP contribution in [-0.4, -0.2) is 0 Å². The van der Waals surface area contributed by atoms with E-state index in [0.717, 1.165) is 6.42 Å². The second-order valence-corrected chi connectivity index (χ2v) is 4.15. The van der Waals surface area contributed by atoms with Crippen molar-refractivity contribution in [2.24, 2.45) is 5.41 Å². The Morgan fingerprint density at radius 3 is 2.00 bits per heavy atom. The van der Waals surface area contributed by atoms with Gasteiger partial charge in [-0.2, -0.15) is 0 Å². The molecule has 0 radical (unpaired) electrons. The first kappa shape index (κ1) is 9.22. The lowest BCUT2D eigenvalue weighted by atomic mass is 9.89. The van der Waals surface area contributed by atoms with Crippen molar-refractivity contribution in [3.63, 3.8) is 0 Å². The van der Waals surface area contributed by atoms with Crippen molar-refractivity contribution < 1.29 is 0 Å². The van der Waals surface area contributed by atoms with E-state index in [9.17, 15) is 0 Å². The van der Waals surface area contributed by atoms with Gasteiger partial charge < -0.3 is 0 Å². The van der Waals surface area contributed by atoms with Gasteiger partial charge >= 0.3 is 0 Å². The highest BCUT2D eigenvalue weighted by Gasteiger charge is 2.09. The Morgan fingerprint density at radius 2 is 1.89 bits per heavy atom. The van der Waals surface area contributed by atoms with Crippen molar-refractivity contribution in [3.05, 3.63) is 10.6 Å². The van der Waals surface area contributed by atoms with Crippen molar-refractivity contribution >= 4 is 15.9 Å².